The minimum Gasteiger partial charge on any atom is -0.490 e. The lowest BCUT2D eigenvalue weighted by Gasteiger charge is -2.15. The zero-order valence-corrected chi connectivity index (χ0v) is 20.4. The molecule has 0 unspecified atom stereocenters. The van der Waals surface area contributed by atoms with Crippen LogP contribution in [0.5, 0.6) is 11.5 Å². The first-order valence-electron chi connectivity index (χ1n) is 10.1. The van der Waals surface area contributed by atoms with Crippen LogP contribution in [0.25, 0.3) is 0 Å². The molecule has 7 nitrogen and oxygen atoms in total. The SMILES string of the molecule is CCNC(=NCc1cccc(OCC)c1OC(F)F)NCC(=O)NCc1ccccc1.I. The Balaban J connectivity index is 0.00000512. The normalized spacial score (nSPS) is 10.8. The summed E-state index contributed by atoms with van der Waals surface area (Å²) in [4.78, 5) is 16.5. The molecule has 0 fully saturated rings. The predicted octanol–water partition coefficient (Wildman–Crippen LogP) is 3.68. The topological polar surface area (TPSA) is 84.0 Å². The van der Waals surface area contributed by atoms with E-state index in [4.69, 9.17) is 4.74 Å². The number of rotatable bonds is 11. The lowest BCUT2D eigenvalue weighted by molar-refractivity contribution is -0.120. The molecule has 0 saturated carbocycles. The largest absolute Gasteiger partial charge is 0.490 e. The van der Waals surface area contributed by atoms with Crippen LogP contribution in [0.4, 0.5) is 8.78 Å². The fourth-order valence-electron chi connectivity index (χ4n) is 2.71. The maximum atomic E-state index is 12.9. The van der Waals surface area contributed by atoms with Crippen LogP contribution in [0, 0.1) is 0 Å². The Labute approximate surface area is 204 Å². The molecule has 0 spiro atoms. The van der Waals surface area contributed by atoms with Gasteiger partial charge in [-0.3, -0.25) is 4.79 Å². The molecule has 0 atom stereocenters. The number of carbonyl (C=O) groups excluding carboxylic acids is 1. The summed E-state index contributed by atoms with van der Waals surface area (Å²) in [6, 6.07) is 14.5. The van der Waals surface area contributed by atoms with Crippen molar-refractivity contribution < 1.29 is 23.0 Å². The number of alkyl halides is 2. The van der Waals surface area contributed by atoms with Crippen molar-refractivity contribution in [2.75, 3.05) is 19.7 Å². The van der Waals surface area contributed by atoms with E-state index in [0.29, 0.717) is 31.2 Å². The number of para-hydroxylation sites is 1. The maximum absolute atomic E-state index is 12.9. The number of nitrogens with zero attached hydrogens (tertiary/aromatic N) is 1. The molecule has 0 saturated heterocycles. The van der Waals surface area contributed by atoms with Gasteiger partial charge in [0.05, 0.1) is 19.7 Å². The average molecular weight is 562 g/mol. The second-order valence-corrected chi connectivity index (χ2v) is 6.37. The van der Waals surface area contributed by atoms with E-state index in [1.807, 2.05) is 37.3 Å². The number of hydrogen-bond donors (Lipinski definition) is 3. The van der Waals surface area contributed by atoms with Crippen molar-refractivity contribution in [3.8, 4) is 11.5 Å². The maximum Gasteiger partial charge on any atom is 0.387 e. The summed E-state index contributed by atoms with van der Waals surface area (Å²) in [5, 5.41) is 8.77. The molecule has 0 aliphatic heterocycles. The Morgan fingerprint density at radius 3 is 2.44 bits per heavy atom. The zero-order valence-electron chi connectivity index (χ0n) is 18.1. The Morgan fingerprint density at radius 2 is 1.78 bits per heavy atom. The van der Waals surface area contributed by atoms with Gasteiger partial charge in [-0.15, -0.1) is 24.0 Å². The number of ether oxygens (including phenoxy) is 2. The van der Waals surface area contributed by atoms with Crippen molar-refractivity contribution >= 4 is 35.8 Å². The lowest BCUT2D eigenvalue weighted by Crippen LogP contribution is -2.43. The van der Waals surface area contributed by atoms with Gasteiger partial charge in [0.25, 0.3) is 0 Å². The first-order valence-corrected chi connectivity index (χ1v) is 10.1. The van der Waals surface area contributed by atoms with E-state index >= 15 is 0 Å². The molecule has 0 aliphatic rings. The first-order chi connectivity index (χ1) is 15.0. The van der Waals surface area contributed by atoms with Gasteiger partial charge in [-0.1, -0.05) is 42.5 Å². The van der Waals surface area contributed by atoms with Crippen LogP contribution in [0.2, 0.25) is 0 Å². The number of aliphatic imine (C=N–C) groups is 1. The van der Waals surface area contributed by atoms with Crippen molar-refractivity contribution in [1.82, 2.24) is 16.0 Å². The van der Waals surface area contributed by atoms with Crippen LogP contribution in [0.1, 0.15) is 25.0 Å². The van der Waals surface area contributed by atoms with Gasteiger partial charge >= 0.3 is 6.61 Å². The Morgan fingerprint density at radius 1 is 1.03 bits per heavy atom. The van der Waals surface area contributed by atoms with Crippen LogP contribution in [0.3, 0.4) is 0 Å². The standard InChI is InChI=1S/C22H28F2N4O3.HI/c1-3-25-22(28-15-19(29)26-13-16-9-6-5-7-10-16)27-14-17-11-8-12-18(30-4-2)20(17)31-21(23)24;/h5-12,21H,3-4,13-15H2,1-2H3,(H,26,29)(H2,25,27,28);1H. The molecule has 176 valence electrons. The Hall–Kier alpha value is -2.63. The van der Waals surface area contributed by atoms with Gasteiger partial charge in [0.2, 0.25) is 5.91 Å². The van der Waals surface area contributed by atoms with Crippen LogP contribution >= 0.6 is 24.0 Å². The van der Waals surface area contributed by atoms with Crippen LogP contribution in [-0.4, -0.2) is 38.2 Å². The summed E-state index contributed by atoms with van der Waals surface area (Å²) >= 11 is 0. The third-order valence-electron chi connectivity index (χ3n) is 4.07. The molecule has 2 aromatic carbocycles. The second kappa shape index (κ2) is 15.2. The van der Waals surface area contributed by atoms with Gasteiger partial charge in [0.15, 0.2) is 17.5 Å². The van der Waals surface area contributed by atoms with E-state index in [9.17, 15) is 13.6 Å². The highest BCUT2D eigenvalue weighted by molar-refractivity contribution is 14.0. The molecule has 0 aliphatic carbocycles. The van der Waals surface area contributed by atoms with E-state index in [1.165, 1.54) is 0 Å². The molecule has 10 heteroatoms. The van der Waals surface area contributed by atoms with Gasteiger partial charge in [0.1, 0.15) is 0 Å². The number of hydrogen-bond acceptors (Lipinski definition) is 4. The van der Waals surface area contributed by atoms with Crippen molar-refractivity contribution in [1.29, 1.82) is 0 Å². The quantitative estimate of drug-likeness (QED) is 0.221. The summed E-state index contributed by atoms with van der Waals surface area (Å²) < 4.78 is 35.8. The minimum atomic E-state index is -2.98. The van der Waals surface area contributed by atoms with E-state index in [1.54, 1.807) is 25.1 Å². The molecule has 0 bridgehead atoms. The van der Waals surface area contributed by atoms with Gasteiger partial charge in [-0.05, 0) is 25.5 Å². The number of carbonyl (C=O) groups is 1. The zero-order chi connectivity index (χ0) is 22.5. The monoisotopic (exact) mass is 562 g/mol. The van der Waals surface area contributed by atoms with E-state index in [-0.39, 0.29) is 54.5 Å². The van der Waals surface area contributed by atoms with Crippen LogP contribution in [0.15, 0.2) is 53.5 Å². The summed E-state index contributed by atoms with van der Waals surface area (Å²) in [7, 11) is 0. The Kier molecular flexibility index (Phi) is 13.0. The van der Waals surface area contributed by atoms with Gasteiger partial charge < -0.3 is 25.4 Å². The number of guanidine groups is 1. The van der Waals surface area contributed by atoms with Crippen molar-refractivity contribution in [3.05, 3.63) is 59.7 Å². The lowest BCUT2D eigenvalue weighted by atomic mass is 10.2. The fourth-order valence-corrected chi connectivity index (χ4v) is 2.71. The third kappa shape index (κ3) is 9.67. The van der Waals surface area contributed by atoms with Gasteiger partial charge in [0, 0.05) is 18.7 Å². The van der Waals surface area contributed by atoms with Gasteiger partial charge in [-0.25, -0.2) is 4.99 Å². The smallest absolute Gasteiger partial charge is 0.387 e. The highest BCUT2D eigenvalue weighted by atomic mass is 127. The molecule has 2 aromatic rings. The third-order valence-corrected chi connectivity index (χ3v) is 4.07. The fraction of sp³-hybridized carbons (Fsp3) is 0.364. The van der Waals surface area contributed by atoms with E-state index < -0.39 is 6.61 Å². The molecular formula is C22H29F2IN4O3. The second-order valence-electron chi connectivity index (χ2n) is 6.37. The molecule has 1 amide bonds. The molecular weight excluding hydrogens is 533 g/mol. The number of halogens is 3. The van der Waals surface area contributed by atoms with Crippen LogP contribution < -0.4 is 25.4 Å². The average Bonchev–Trinajstić information content (AvgIpc) is 2.76. The summed E-state index contributed by atoms with van der Waals surface area (Å²) in [5.74, 6) is 0.366. The van der Waals surface area contributed by atoms with E-state index in [0.717, 1.165) is 5.56 Å². The molecule has 3 N–H and O–H groups in total. The van der Waals surface area contributed by atoms with Crippen molar-refractivity contribution in [2.45, 2.75) is 33.5 Å². The number of benzene rings is 2. The number of nitrogens with one attached hydrogen (secondary N) is 3. The molecule has 0 radical (unpaired) electrons. The summed E-state index contributed by atoms with van der Waals surface area (Å²) in [5.41, 5.74) is 1.44. The van der Waals surface area contributed by atoms with E-state index in [2.05, 4.69) is 25.7 Å². The van der Waals surface area contributed by atoms with Gasteiger partial charge in [-0.2, -0.15) is 8.78 Å². The predicted molar refractivity (Wildman–Crippen MR) is 131 cm³/mol. The summed E-state index contributed by atoms with van der Waals surface area (Å²) in [6.45, 7) is 2.03. The molecule has 0 aromatic heterocycles. The molecule has 2 rings (SSSR count). The van der Waals surface area contributed by atoms with Crippen molar-refractivity contribution in [2.24, 2.45) is 4.99 Å². The molecule has 0 heterocycles. The minimum absolute atomic E-state index is 0. The highest BCUT2D eigenvalue weighted by Gasteiger charge is 2.15. The first kappa shape index (κ1) is 27.4. The van der Waals surface area contributed by atoms with Crippen LogP contribution in [-0.2, 0) is 17.9 Å². The highest BCUT2D eigenvalue weighted by Crippen LogP contribution is 2.33. The summed E-state index contributed by atoms with van der Waals surface area (Å²) in [6.07, 6.45) is 0. The number of amides is 1. The van der Waals surface area contributed by atoms with Crippen molar-refractivity contribution in [3.63, 3.8) is 0 Å². The Bertz CT molecular complexity index is 854. The molecule has 32 heavy (non-hydrogen) atoms.